The number of nitrogens with zero attached hydrogens (tertiary/aromatic N) is 3. The molecule has 0 aliphatic heterocycles. The Hall–Kier alpha value is -3.28. The SMILES string of the molecule is COc1nc(OCC(F)F)c(F)cc1NS(=O)(=O)c1cccc2nc(N(C)C)ccc12. The van der Waals surface area contributed by atoms with Gasteiger partial charge in [0.25, 0.3) is 22.3 Å². The van der Waals surface area contributed by atoms with Crippen LogP contribution in [0.15, 0.2) is 41.3 Å². The average Bonchev–Trinajstić information content (AvgIpc) is 2.71. The minimum Gasteiger partial charge on any atom is -0.479 e. The predicted octanol–water partition coefficient (Wildman–Crippen LogP) is 3.29. The summed E-state index contributed by atoms with van der Waals surface area (Å²) in [4.78, 5) is 9.72. The van der Waals surface area contributed by atoms with Gasteiger partial charge in [0, 0.05) is 25.5 Å². The summed E-state index contributed by atoms with van der Waals surface area (Å²) in [7, 11) is 0.563. The summed E-state index contributed by atoms with van der Waals surface area (Å²) in [6.07, 6.45) is -2.83. The Balaban J connectivity index is 2.00. The van der Waals surface area contributed by atoms with E-state index in [1.807, 2.05) is 0 Å². The molecule has 1 aromatic carbocycles. The highest BCUT2D eigenvalue weighted by atomic mass is 32.2. The summed E-state index contributed by atoms with van der Waals surface area (Å²) in [6, 6.07) is 8.59. The Labute approximate surface area is 176 Å². The molecule has 12 heteroatoms. The van der Waals surface area contributed by atoms with Gasteiger partial charge in [0.15, 0.2) is 12.4 Å². The standard InChI is InChI=1S/C19H19F3N4O4S/c1-26(2)17-8-7-11-13(23-17)5-4-6-15(11)31(27,28)25-14-9-12(20)18(24-19(14)29-3)30-10-16(21)22/h4-9,16,25H,10H2,1-3H3. The minimum absolute atomic E-state index is 0.0942. The van der Waals surface area contributed by atoms with Crippen molar-refractivity contribution < 1.29 is 31.1 Å². The molecule has 3 rings (SSSR count). The molecule has 0 saturated carbocycles. The number of fused-ring (bicyclic) bond motifs is 1. The maximum absolute atomic E-state index is 14.2. The van der Waals surface area contributed by atoms with Gasteiger partial charge in [-0.1, -0.05) is 6.07 Å². The number of benzene rings is 1. The van der Waals surface area contributed by atoms with E-state index < -0.39 is 34.8 Å². The van der Waals surface area contributed by atoms with Crippen molar-refractivity contribution in [2.24, 2.45) is 0 Å². The lowest BCUT2D eigenvalue weighted by Crippen LogP contribution is -2.16. The van der Waals surface area contributed by atoms with Crippen molar-refractivity contribution >= 4 is 32.4 Å². The topological polar surface area (TPSA) is 93.7 Å². The number of rotatable bonds is 8. The van der Waals surface area contributed by atoms with E-state index in [4.69, 9.17) is 4.74 Å². The first-order chi connectivity index (χ1) is 14.6. The van der Waals surface area contributed by atoms with Crippen LogP contribution in [0.1, 0.15) is 0 Å². The molecule has 166 valence electrons. The molecule has 1 N–H and O–H groups in total. The van der Waals surface area contributed by atoms with Gasteiger partial charge in [-0.15, -0.1) is 0 Å². The molecule has 0 fully saturated rings. The molecule has 0 aliphatic carbocycles. The number of ether oxygens (including phenoxy) is 2. The largest absolute Gasteiger partial charge is 0.479 e. The average molecular weight is 456 g/mol. The highest BCUT2D eigenvalue weighted by molar-refractivity contribution is 7.93. The number of sulfonamides is 1. The van der Waals surface area contributed by atoms with Crippen LogP contribution in [-0.4, -0.2) is 52.6 Å². The zero-order valence-corrected chi connectivity index (χ0v) is 17.6. The fourth-order valence-corrected chi connectivity index (χ4v) is 3.99. The number of alkyl halides is 2. The number of methoxy groups -OCH3 is 1. The number of pyridine rings is 2. The van der Waals surface area contributed by atoms with Gasteiger partial charge in [-0.25, -0.2) is 26.6 Å². The van der Waals surface area contributed by atoms with Crippen molar-refractivity contribution in [2.45, 2.75) is 11.3 Å². The van der Waals surface area contributed by atoms with Gasteiger partial charge in [0.2, 0.25) is 5.88 Å². The van der Waals surface area contributed by atoms with Gasteiger partial charge in [0.05, 0.1) is 17.5 Å². The molecule has 8 nitrogen and oxygen atoms in total. The van der Waals surface area contributed by atoms with Gasteiger partial charge in [0.1, 0.15) is 11.5 Å². The second kappa shape index (κ2) is 8.84. The Morgan fingerprint density at radius 3 is 2.52 bits per heavy atom. The summed E-state index contributed by atoms with van der Waals surface area (Å²) in [5, 5.41) is 0.352. The first-order valence-electron chi connectivity index (χ1n) is 8.87. The summed E-state index contributed by atoms with van der Waals surface area (Å²) in [5.74, 6) is -1.56. The minimum atomic E-state index is -4.21. The Morgan fingerprint density at radius 1 is 1.13 bits per heavy atom. The zero-order valence-electron chi connectivity index (χ0n) is 16.8. The van der Waals surface area contributed by atoms with E-state index in [1.54, 1.807) is 37.2 Å². The van der Waals surface area contributed by atoms with Crippen LogP contribution >= 0.6 is 0 Å². The fraction of sp³-hybridized carbons (Fsp3) is 0.263. The van der Waals surface area contributed by atoms with Crippen molar-refractivity contribution in [2.75, 3.05) is 37.4 Å². The Bertz CT molecular complexity index is 1210. The first-order valence-corrected chi connectivity index (χ1v) is 10.4. The third kappa shape index (κ3) is 4.90. The van der Waals surface area contributed by atoms with E-state index in [0.29, 0.717) is 16.7 Å². The molecule has 0 atom stereocenters. The van der Waals surface area contributed by atoms with Crippen LogP contribution < -0.4 is 19.1 Å². The molecule has 0 bridgehead atoms. The second-order valence-corrected chi connectivity index (χ2v) is 8.18. The highest BCUT2D eigenvalue weighted by Gasteiger charge is 2.23. The van der Waals surface area contributed by atoms with E-state index in [0.717, 1.165) is 6.07 Å². The molecule has 0 spiro atoms. The molecule has 31 heavy (non-hydrogen) atoms. The summed E-state index contributed by atoms with van der Waals surface area (Å²) < 4.78 is 76.7. The number of hydrogen-bond donors (Lipinski definition) is 1. The van der Waals surface area contributed by atoms with Gasteiger partial charge in [-0.05, 0) is 24.3 Å². The van der Waals surface area contributed by atoms with E-state index in [-0.39, 0.29) is 16.5 Å². The predicted molar refractivity (Wildman–Crippen MR) is 109 cm³/mol. The smallest absolute Gasteiger partial charge is 0.272 e. The summed E-state index contributed by atoms with van der Waals surface area (Å²) in [6.45, 7) is -1.07. The lowest BCUT2D eigenvalue weighted by atomic mass is 10.2. The lowest BCUT2D eigenvalue weighted by Gasteiger charge is -2.15. The fourth-order valence-electron chi connectivity index (χ4n) is 2.73. The second-order valence-electron chi connectivity index (χ2n) is 6.53. The van der Waals surface area contributed by atoms with Gasteiger partial charge < -0.3 is 14.4 Å². The van der Waals surface area contributed by atoms with Gasteiger partial charge in [-0.3, -0.25) is 4.72 Å². The number of nitrogens with one attached hydrogen (secondary N) is 1. The molecule has 0 unspecified atom stereocenters. The molecule has 3 aromatic rings. The van der Waals surface area contributed by atoms with E-state index in [1.165, 1.54) is 19.2 Å². The third-order valence-corrected chi connectivity index (χ3v) is 5.54. The van der Waals surface area contributed by atoms with Gasteiger partial charge >= 0.3 is 0 Å². The lowest BCUT2D eigenvalue weighted by molar-refractivity contribution is 0.0770. The number of aromatic nitrogens is 2. The molecule has 2 heterocycles. The molecule has 2 aromatic heterocycles. The molecular weight excluding hydrogens is 437 g/mol. The maximum Gasteiger partial charge on any atom is 0.272 e. The van der Waals surface area contributed by atoms with Crippen LogP contribution in [0.2, 0.25) is 0 Å². The molecule has 0 amide bonds. The van der Waals surface area contributed by atoms with E-state index in [2.05, 4.69) is 19.4 Å². The molecular formula is C19H19F3N4O4S. The summed E-state index contributed by atoms with van der Waals surface area (Å²) in [5.41, 5.74) is 0.125. The normalized spacial score (nSPS) is 11.6. The Kier molecular flexibility index (Phi) is 6.39. The van der Waals surface area contributed by atoms with Crippen molar-refractivity contribution in [3.63, 3.8) is 0 Å². The molecule has 0 aliphatic rings. The zero-order chi connectivity index (χ0) is 22.8. The number of anilines is 2. The van der Waals surface area contributed by atoms with E-state index >= 15 is 0 Å². The van der Waals surface area contributed by atoms with Crippen LogP contribution in [0.3, 0.4) is 0 Å². The van der Waals surface area contributed by atoms with Gasteiger partial charge in [-0.2, -0.15) is 4.98 Å². The van der Waals surface area contributed by atoms with E-state index in [9.17, 15) is 21.6 Å². The van der Waals surface area contributed by atoms with Crippen LogP contribution in [0.25, 0.3) is 10.9 Å². The van der Waals surface area contributed by atoms with Crippen molar-refractivity contribution in [3.8, 4) is 11.8 Å². The highest BCUT2D eigenvalue weighted by Crippen LogP contribution is 2.32. The summed E-state index contributed by atoms with van der Waals surface area (Å²) >= 11 is 0. The third-order valence-electron chi connectivity index (χ3n) is 4.12. The number of hydrogen-bond acceptors (Lipinski definition) is 7. The van der Waals surface area contributed by atoms with Crippen LogP contribution in [0.5, 0.6) is 11.8 Å². The maximum atomic E-state index is 14.2. The molecule has 0 radical (unpaired) electrons. The quantitative estimate of drug-likeness (QED) is 0.556. The molecule has 0 saturated heterocycles. The monoisotopic (exact) mass is 456 g/mol. The van der Waals surface area contributed by atoms with Crippen LogP contribution in [0, 0.1) is 5.82 Å². The van der Waals surface area contributed by atoms with Crippen LogP contribution in [0.4, 0.5) is 24.7 Å². The van der Waals surface area contributed by atoms with Crippen molar-refractivity contribution in [1.29, 1.82) is 0 Å². The Morgan fingerprint density at radius 2 is 1.87 bits per heavy atom. The van der Waals surface area contributed by atoms with Crippen LogP contribution in [-0.2, 0) is 10.0 Å². The van der Waals surface area contributed by atoms with Crippen molar-refractivity contribution in [3.05, 3.63) is 42.2 Å². The number of halogens is 3. The van der Waals surface area contributed by atoms with Crippen molar-refractivity contribution in [1.82, 2.24) is 9.97 Å². The first kappa shape index (κ1) is 22.4.